The molecule has 19 heavy (non-hydrogen) atoms. The highest BCUT2D eigenvalue weighted by atomic mass is 32.2. The van der Waals surface area contributed by atoms with Crippen LogP contribution in [-0.4, -0.2) is 32.0 Å². The average Bonchev–Trinajstić information content (AvgIpc) is 2.24. The molecule has 0 saturated heterocycles. The topological polar surface area (TPSA) is 46.2 Å². The van der Waals surface area contributed by atoms with Crippen LogP contribution in [0.2, 0.25) is 0 Å². The second-order valence-electron chi connectivity index (χ2n) is 6.10. The van der Waals surface area contributed by atoms with Crippen LogP contribution in [0, 0.1) is 0 Å². The molecule has 0 aromatic rings. The van der Waals surface area contributed by atoms with E-state index >= 15 is 0 Å². The predicted molar refractivity (Wildman–Crippen MR) is 82.2 cm³/mol. The first-order valence-electron chi connectivity index (χ1n) is 7.42. The first kappa shape index (κ1) is 16.7. The van der Waals surface area contributed by atoms with Crippen LogP contribution in [0.4, 0.5) is 0 Å². The van der Waals surface area contributed by atoms with E-state index in [1.54, 1.807) is 0 Å². The van der Waals surface area contributed by atoms with Crippen molar-refractivity contribution in [3.8, 4) is 0 Å². The first-order chi connectivity index (χ1) is 8.80. The lowest BCUT2D eigenvalue weighted by molar-refractivity contribution is 0.440. The Hall–Kier alpha value is -0.350. The largest absolute Gasteiger partial charge is 0.309 e. The molecule has 3 nitrogen and oxygen atoms in total. The molecule has 1 unspecified atom stereocenters. The number of hydrogen-bond acceptors (Lipinski definition) is 3. The molecular weight excluding hydrogens is 258 g/mol. The Bertz CT molecular complexity index is 410. The van der Waals surface area contributed by atoms with E-state index in [0.29, 0.717) is 0 Å². The van der Waals surface area contributed by atoms with Crippen LogP contribution in [0.25, 0.3) is 0 Å². The Labute approximate surface area is 118 Å². The zero-order valence-electron chi connectivity index (χ0n) is 12.8. The maximum atomic E-state index is 12.1. The number of likely N-dealkylation sites (N-methyl/N-ethyl adjacent to an activating group) is 1. The van der Waals surface area contributed by atoms with Gasteiger partial charge in [-0.1, -0.05) is 31.4 Å². The van der Waals surface area contributed by atoms with E-state index in [2.05, 4.69) is 11.4 Å². The Morgan fingerprint density at radius 2 is 1.89 bits per heavy atom. The second-order valence-corrected chi connectivity index (χ2v) is 8.69. The van der Waals surface area contributed by atoms with Gasteiger partial charge in [-0.2, -0.15) is 0 Å². The molecule has 0 amide bonds. The summed E-state index contributed by atoms with van der Waals surface area (Å²) in [5, 5.41) is 3.40. The number of sulfone groups is 1. The summed E-state index contributed by atoms with van der Waals surface area (Å²) in [5.41, 5.74) is 1.29. The quantitative estimate of drug-likeness (QED) is 0.790. The van der Waals surface area contributed by atoms with Gasteiger partial charge in [0.05, 0.1) is 4.75 Å². The zero-order chi connectivity index (χ0) is 14.5. The van der Waals surface area contributed by atoms with Gasteiger partial charge in [0.15, 0.2) is 9.84 Å². The van der Waals surface area contributed by atoms with Gasteiger partial charge < -0.3 is 5.32 Å². The third kappa shape index (κ3) is 4.32. The van der Waals surface area contributed by atoms with Crippen molar-refractivity contribution in [3.05, 3.63) is 11.6 Å². The van der Waals surface area contributed by atoms with E-state index in [-0.39, 0.29) is 6.04 Å². The summed E-state index contributed by atoms with van der Waals surface area (Å²) in [6, 6.07) is -0.0643. The fraction of sp³-hybridized carbons (Fsp3) is 0.867. The molecule has 0 heterocycles. The van der Waals surface area contributed by atoms with Gasteiger partial charge in [-0.3, -0.25) is 0 Å². The van der Waals surface area contributed by atoms with Crippen molar-refractivity contribution in [1.82, 2.24) is 5.32 Å². The Balaban J connectivity index is 3.05. The van der Waals surface area contributed by atoms with E-state index in [0.717, 1.165) is 19.4 Å². The van der Waals surface area contributed by atoms with E-state index < -0.39 is 14.6 Å². The SMILES string of the molecule is CCNC(C1=CCCCCCC1)C(C)(C)S(C)(=O)=O. The van der Waals surface area contributed by atoms with Crippen LogP contribution in [0.1, 0.15) is 59.3 Å². The highest BCUT2D eigenvalue weighted by molar-refractivity contribution is 7.92. The monoisotopic (exact) mass is 287 g/mol. The molecule has 1 aliphatic carbocycles. The smallest absolute Gasteiger partial charge is 0.154 e. The molecule has 1 atom stereocenters. The van der Waals surface area contributed by atoms with E-state index in [1.165, 1.54) is 37.5 Å². The molecule has 112 valence electrons. The molecule has 0 aromatic carbocycles. The van der Waals surface area contributed by atoms with Gasteiger partial charge >= 0.3 is 0 Å². The fourth-order valence-corrected chi connectivity index (χ4v) is 3.38. The molecule has 0 aliphatic heterocycles. The molecule has 0 saturated carbocycles. The lowest BCUT2D eigenvalue weighted by atomic mass is 9.88. The minimum Gasteiger partial charge on any atom is -0.309 e. The molecule has 1 N–H and O–H groups in total. The molecule has 4 heteroatoms. The molecule has 1 rings (SSSR count). The molecule has 0 fully saturated rings. The van der Waals surface area contributed by atoms with Crippen LogP contribution in [0.5, 0.6) is 0 Å². The van der Waals surface area contributed by atoms with E-state index in [4.69, 9.17) is 0 Å². The number of nitrogens with one attached hydrogen (secondary N) is 1. The molecule has 0 bridgehead atoms. The van der Waals surface area contributed by atoms with Gasteiger partial charge in [0.2, 0.25) is 0 Å². The summed E-state index contributed by atoms with van der Waals surface area (Å²) >= 11 is 0. The van der Waals surface area contributed by atoms with Crippen LogP contribution in [0.15, 0.2) is 11.6 Å². The van der Waals surface area contributed by atoms with Gasteiger partial charge in [-0.25, -0.2) is 8.42 Å². The van der Waals surface area contributed by atoms with Gasteiger partial charge in [-0.05, 0) is 46.1 Å². The third-order valence-corrected chi connectivity index (χ3v) is 6.40. The molecule has 0 aromatic heterocycles. The molecule has 0 radical (unpaired) electrons. The molecule has 1 aliphatic rings. The van der Waals surface area contributed by atoms with Crippen molar-refractivity contribution in [3.63, 3.8) is 0 Å². The van der Waals surface area contributed by atoms with E-state index in [9.17, 15) is 8.42 Å². The average molecular weight is 287 g/mol. The van der Waals surface area contributed by atoms with Gasteiger partial charge in [-0.15, -0.1) is 0 Å². The van der Waals surface area contributed by atoms with Crippen molar-refractivity contribution >= 4 is 9.84 Å². The predicted octanol–water partition coefficient (Wildman–Crippen LogP) is 3.07. The lowest BCUT2D eigenvalue weighted by Gasteiger charge is -2.36. The Morgan fingerprint density at radius 1 is 1.26 bits per heavy atom. The zero-order valence-corrected chi connectivity index (χ0v) is 13.6. The van der Waals surface area contributed by atoms with Crippen LogP contribution >= 0.6 is 0 Å². The second kappa shape index (κ2) is 6.89. The van der Waals surface area contributed by atoms with Crippen molar-refractivity contribution in [1.29, 1.82) is 0 Å². The minimum atomic E-state index is -3.10. The maximum Gasteiger partial charge on any atom is 0.154 e. The molecule has 0 spiro atoms. The van der Waals surface area contributed by atoms with Crippen molar-refractivity contribution in [2.75, 3.05) is 12.8 Å². The minimum absolute atomic E-state index is 0.0643. The van der Waals surface area contributed by atoms with Gasteiger partial charge in [0, 0.05) is 12.3 Å². The van der Waals surface area contributed by atoms with Crippen LogP contribution < -0.4 is 5.32 Å². The highest BCUT2D eigenvalue weighted by Crippen LogP contribution is 2.29. The van der Waals surface area contributed by atoms with Crippen LogP contribution in [-0.2, 0) is 9.84 Å². The number of hydrogen-bond donors (Lipinski definition) is 1. The number of rotatable bonds is 5. The van der Waals surface area contributed by atoms with E-state index in [1.807, 2.05) is 20.8 Å². The van der Waals surface area contributed by atoms with Crippen molar-refractivity contribution in [2.45, 2.75) is 70.1 Å². The van der Waals surface area contributed by atoms with Crippen molar-refractivity contribution < 1.29 is 8.42 Å². The Morgan fingerprint density at radius 3 is 2.47 bits per heavy atom. The first-order valence-corrected chi connectivity index (χ1v) is 9.31. The third-order valence-electron chi connectivity index (χ3n) is 4.26. The number of allylic oxidation sites excluding steroid dienone is 1. The van der Waals surface area contributed by atoms with Crippen LogP contribution in [0.3, 0.4) is 0 Å². The normalized spacial score (nSPS) is 20.3. The van der Waals surface area contributed by atoms with Gasteiger partial charge in [0.25, 0.3) is 0 Å². The standard InChI is InChI=1S/C15H29NO2S/c1-5-16-14(15(2,3)19(4,17)18)13-11-9-7-6-8-10-12-13/h11,14,16H,5-10,12H2,1-4H3. The Kier molecular flexibility index (Phi) is 6.06. The summed E-state index contributed by atoms with van der Waals surface area (Å²) < 4.78 is 23.4. The fourth-order valence-electron chi connectivity index (χ4n) is 2.72. The highest BCUT2D eigenvalue weighted by Gasteiger charge is 2.40. The summed E-state index contributed by atoms with van der Waals surface area (Å²) in [6.07, 6.45) is 10.7. The van der Waals surface area contributed by atoms with Crippen molar-refractivity contribution in [2.24, 2.45) is 0 Å². The lowest BCUT2D eigenvalue weighted by Crippen LogP contribution is -2.52. The molecular formula is C15H29NO2S. The maximum absolute atomic E-state index is 12.1. The summed E-state index contributed by atoms with van der Waals surface area (Å²) in [6.45, 7) is 6.51. The van der Waals surface area contributed by atoms with Gasteiger partial charge in [0.1, 0.15) is 0 Å². The summed E-state index contributed by atoms with van der Waals surface area (Å²) in [4.78, 5) is 0. The summed E-state index contributed by atoms with van der Waals surface area (Å²) in [5.74, 6) is 0. The summed E-state index contributed by atoms with van der Waals surface area (Å²) in [7, 11) is -3.10.